The first-order valence-corrected chi connectivity index (χ1v) is 6.49. The molecule has 1 fully saturated rings. The topological polar surface area (TPSA) is 70.0 Å². The van der Waals surface area contributed by atoms with Gasteiger partial charge < -0.3 is 14.9 Å². The number of carboxylic acids is 1. The van der Waals surface area contributed by atoms with E-state index in [0.717, 1.165) is 0 Å². The van der Waals surface area contributed by atoms with Gasteiger partial charge in [0.05, 0.1) is 24.9 Å². The zero-order chi connectivity index (χ0) is 14.7. The summed E-state index contributed by atoms with van der Waals surface area (Å²) in [4.78, 5) is 12.9. The van der Waals surface area contributed by atoms with Crippen molar-refractivity contribution in [3.63, 3.8) is 0 Å². The van der Waals surface area contributed by atoms with Gasteiger partial charge in [0.15, 0.2) is 0 Å². The van der Waals surface area contributed by atoms with Crippen LogP contribution in [0.1, 0.15) is 22.8 Å². The Labute approximate surface area is 116 Å². The van der Waals surface area contributed by atoms with Gasteiger partial charge in [0.2, 0.25) is 0 Å². The van der Waals surface area contributed by atoms with E-state index in [1.54, 1.807) is 0 Å². The fraction of sp³-hybridized carbons (Fsp3) is 0.500. The summed E-state index contributed by atoms with van der Waals surface area (Å²) in [6, 6.07) is 3.87. The number of carbonyl (C=O) groups is 1. The van der Waals surface area contributed by atoms with Gasteiger partial charge in [-0.25, -0.2) is 9.18 Å². The Morgan fingerprint density at radius 1 is 1.55 bits per heavy atom. The highest BCUT2D eigenvalue weighted by molar-refractivity contribution is 5.87. The number of hydrogen-bond acceptors (Lipinski definition) is 4. The van der Waals surface area contributed by atoms with Gasteiger partial charge in [-0.05, 0) is 25.1 Å². The molecular weight excluding hydrogens is 265 g/mol. The lowest BCUT2D eigenvalue weighted by Gasteiger charge is -2.37. The number of aliphatic hydroxyl groups excluding tert-OH is 1. The summed E-state index contributed by atoms with van der Waals surface area (Å²) < 4.78 is 19.2. The molecule has 2 unspecified atom stereocenters. The van der Waals surface area contributed by atoms with Crippen molar-refractivity contribution in [1.29, 1.82) is 0 Å². The smallest absolute Gasteiger partial charge is 0.335 e. The number of halogens is 1. The van der Waals surface area contributed by atoms with Crippen LogP contribution in [0.5, 0.6) is 0 Å². The maximum Gasteiger partial charge on any atom is 0.335 e. The number of nitrogens with zero attached hydrogens (tertiary/aromatic N) is 1. The first-order valence-electron chi connectivity index (χ1n) is 6.49. The second-order valence-electron chi connectivity index (χ2n) is 5.03. The summed E-state index contributed by atoms with van der Waals surface area (Å²) in [7, 11) is 0. The predicted molar refractivity (Wildman–Crippen MR) is 70.1 cm³/mol. The monoisotopic (exact) mass is 283 g/mol. The van der Waals surface area contributed by atoms with Crippen molar-refractivity contribution < 1.29 is 24.1 Å². The third-order valence-electron chi connectivity index (χ3n) is 3.50. The number of morpholine rings is 1. The minimum Gasteiger partial charge on any atom is -0.478 e. The molecule has 110 valence electrons. The number of aromatic carboxylic acids is 1. The van der Waals surface area contributed by atoms with Gasteiger partial charge in [0.1, 0.15) is 5.82 Å². The molecule has 1 aliphatic heterocycles. The molecular formula is C14H18FNO4. The third kappa shape index (κ3) is 3.33. The number of ether oxygens (including phenoxy) is 1. The highest BCUT2D eigenvalue weighted by Crippen LogP contribution is 2.18. The summed E-state index contributed by atoms with van der Waals surface area (Å²) >= 11 is 0. The first-order chi connectivity index (χ1) is 9.51. The van der Waals surface area contributed by atoms with E-state index in [1.807, 2.05) is 11.8 Å². The van der Waals surface area contributed by atoms with Gasteiger partial charge in [-0.2, -0.15) is 0 Å². The van der Waals surface area contributed by atoms with E-state index in [4.69, 9.17) is 14.9 Å². The van der Waals surface area contributed by atoms with E-state index in [9.17, 15) is 9.18 Å². The molecule has 2 atom stereocenters. The number of carboxylic acid groups (broad SMARTS) is 1. The summed E-state index contributed by atoms with van der Waals surface area (Å²) in [5.41, 5.74) is 0.413. The van der Waals surface area contributed by atoms with Gasteiger partial charge in [0.25, 0.3) is 0 Å². The highest BCUT2D eigenvalue weighted by Gasteiger charge is 2.26. The molecule has 0 spiro atoms. The molecule has 0 bridgehead atoms. The molecule has 1 aliphatic rings. The van der Waals surface area contributed by atoms with E-state index >= 15 is 0 Å². The molecule has 2 rings (SSSR count). The van der Waals surface area contributed by atoms with Crippen molar-refractivity contribution in [2.75, 3.05) is 19.8 Å². The van der Waals surface area contributed by atoms with Crippen molar-refractivity contribution in [1.82, 2.24) is 4.90 Å². The van der Waals surface area contributed by atoms with Crippen molar-refractivity contribution in [3.05, 3.63) is 35.1 Å². The molecule has 0 saturated carbocycles. The normalized spacial score (nSPS) is 23.8. The quantitative estimate of drug-likeness (QED) is 0.866. The highest BCUT2D eigenvalue weighted by atomic mass is 19.1. The van der Waals surface area contributed by atoms with Gasteiger partial charge in [-0.1, -0.05) is 0 Å². The number of rotatable bonds is 4. The first kappa shape index (κ1) is 14.9. The second kappa shape index (κ2) is 6.30. The molecule has 1 aromatic carbocycles. The Balaban J connectivity index is 2.15. The Morgan fingerprint density at radius 2 is 2.30 bits per heavy atom. The van der Waals surface area contributed by atoms with Crippen molar-refractivity contribution >= 4 is 5.97 Å². The van der Waals surface area contributed by atoms with Crippen LogP contribution in [0.2, 0.25) is 0 Å². The average molecular weight is 283 g/mol. The van der Waals surface area contributed by atoms with Crippen molar-refractivity contribution in [3.8, 4) is 0 Å². The SMILES string of the molecule is CC1COC(CO)CN1Cc1cc(C(=O)O)ccc1F. The Kier molecular flexibility index (Phi) is 4.69. The molecule has 0 aliphatic carbocycles. The Morgan fingerprint density at radius 3 is 2.95 bits per heavy atom. The van der Waals surface area contributed by atoms with Gasteiger partial charge >= 0.3 is 5.97 Å². The minimum atomic E-state index is -1.07. The lowest BCUT2D eigenvalue weighted by atomic mass is 10.1. The zero-order valence-corrected chi connectivity index (χ0v) is 11.3. The molecule has 5 nitrogen and oxygen atoms in total. The van der Waals surface area contributed by atoms with E-state index in [2.05, 4.69) is 0 Å². The van der Waals surface area contributed by atoms with Gasteiger partial charge in [0, 0.05) is 24.7 Å². The van der Waals surface area contributed by atoms with Gasteiger partial charge in [-0.15, -0.1) is 0 Å². The molecule has 20 heavy (non-hydrogen) atoms. The summed E-state index contributed by atoms with van der Waals surface area (Å²) in [5, 5.41) is 18.1. The maximum absolute atomic E-state index is 13.8. The van der Waals surface area contributed by atoms with Crippen LogP contribution in [0.15, 0.2) is 18.2 Å². The van der Waals surface area contributed by atoms with Gasteiger partial charge in [-0.3, -0.25) is 4.90 Å². The standard InChI is InChI=1S/C14H18FNO4/c1-9-8-20-12(7-17)6-16(9)5-11-4-10(14(18)19)2-3-13(11)15/h2-4,9,12,17H,5-8H2,1H3,(H,18,19). The third-order valence-corrected chi connectivity index (χ3v) is 3.50. The molecule has 1 saturated heterocycles. The van der Waals surface area contributed by atoms with Crippen LogP contribution in [0, 0.1) is 5.82 Å². The average Bonchev–Trinajstić information content (AvgIpc) is 2.43. The predicted octanol–water partition coefficient (Wildman–Crippen LogP) is 1.11. The van der Waals surface area contributed by atoms with E-state index in [1.165, 1.54) is 18.2 Å². The van der Waals surface area contributed by atoms with Crippen LogP contribution in [0.3, 0.4) is 0 Å². The van der Waals surface area contributed by atoms with Crippen LogP contribution in [-0.4, -0.2) is 53.0 Å². The van der Waals surface area contributed by atoms with Crippen LogP contribution in [-0.2, 0) is 11.3 Å². The molecule has 0 amide bonds. The number of aliphatic hydroxyl groups is 1. The second-order valence-corrected chi connectivity index (χ2v) is 5.03. The lowest BCUT2D eigenvalue weighted by Crippen LogP contribution is -2.48. The molecule has 0 radical (unpaired) electrons. The fourth-order valence-electron chi connectivity index (χ4n) is 2.25. The largest absolute Gasteiger partial charge is 0.478 e. The van der Waals surface area contributed by atoms with Crippen molar-refractivity contribution in [2.24, 2.45) is 0 Å². The molecule has 0 aromatic heterocycles. The molecule has 6 heteroatoms. The summed E-state index contributed by atoms with van der Waals surface area (Å²) in [5.74, 6) is -1.50. The summed E-state index contributed by atoms with van der Waals surface area (Å²) in [6.45, 7) is 3.13. The number of hydrogen-bond donors (Lipinski definition) is 2. The molecule has 1 heterocycles. The fourth-order valence-corrected chi connectivity index (χ4v) is 2.25. The minimum absolute atomic E-state index is 0.0704. The van der Waals surface area contributed by atoms with Crippen LogP contribution in [0.25, 0.3) is 0 Å². The van der Waals surface area contributed by atoms with Crippen molar-refractivity contribution in [2.45, 2.75) is 25.6 Å². The number of benzene rings is 1. The van der Waals surface area contributed by atoms with E-state index in [0.29, 0.717) is 25.3 Å². The maximum atomic E-state index is 13.8. The Bertz CT molecular complexity index is 494. The van der Waals surface area contributed by atoms with Crippen LogP contribution in [0.4, 0.5) is 4.39 Å². The zero-order valence-electron chi connectivity index (χ0n) is 11.3. The summed E-state index contributed by atoms with van der Waals surface area (Å²) in [6.07, 6.45) is -0.281. The Hall–Kier alpha value is -1.50. The molecule has 1 aromatic rings. The lowest BCUT2D eigenvalue weighted by molar-refractivity contribution is -0.0807. The van der Waals surface area contributed by atoms with E-state index < -0.39 is 11.8 Å². The molecule has 2 N–H and O–H groups in total. The van der Waals surface area contributed by atoms with E-state index in [-0.39, 0.29) is 24.3 Å². The van der Waals surface area contributed by atoms with Crippen LogP contribution < -0.4 is 0 Å². The van der Waals surface area contributed by atoms with Crippen LogP contribution >= 0.6 is 0 Å².